The minimum atomic E-state index is -0.537. The number of cyclic esters (lactones) is 1. The van der Waals surface area contributed by atoms with Crippen LogP contribution in [0.5, 0.6) is 5.75 Å². The van der Waals surface area contributed by atoms with Crippen LogP contribution in [-0.4, -0.2) is 49.6 Å². The molecule has 0 bridgehead atoms. The van der Waals surface area contributed by atoms with Crippen LogP contribution in [0, 0.1) is 0 Å². The second-order valence-corrected chi connectivity index (χ2v) is 6.85. The van der Waals surface area contributed by atoms with Crippen molar-refractivity contribution in [2.45, 2.75) is 63.1 Å². The normalized spacial score (nSPS) is 30.5. The summed E-state index contributed by atoms with van der Waals surface area (Å²) >= 11 is 0. The molecule has 0 amide bonds. The number of ether oxygens (including phenoxy) is 4. The zero-order chi connectivity index (χ0) is 17.6. The van der Waals surface area contributed by atoms with E-state index in [0.29, 0.717) is 6.61 Å². The first-order valence-electron chi connectivity index (χ1n) is 9.12. The van der Waals surface area contributed by atoms with E-state index in [1.807, 2.05) is 37.3 Å². The molecule has 1 saturated heterocycles. The Balaban J connectivity index is 0.00000243. The van der Waals surface area contributed by atoms with E-state index in [0.717, 1.165) is 18.6 Å². The van der Waals surface area contributed by atoms with E-state index in [-0.39, 0.29) is 43.3 Å². The molecule has 3 N–H and O–H groups in total. The van der Waals surface area contributed by atoms with Gasteiger partial charge in [-0.25, -0.2) is 4.79 Å². The Morgan fingerprint density at radius 3 is 2.50 bits per heavy atom. The van der Waals surface area contributed by atoms with Crippen molar-refractivity contribution >= 4 is 5.97 Å². The molecule has 1 aromatic rings. The predicted molar refractivity (Wildman–Crippen MR) is 91.0 cm³/mol. The molecular weight excluding hydrogens is 358 g/mol. The minimum Gasteiger partial charge on any atom is -1.00 e. The number of carbonyl (C=O) groups excluding carboxylic acids is 1. The lowest BCUT2D eigenvalue weighted by Crippen LogP contribution is -3.00. The van der Waals surface area contributed by atoms with Crippen molar-refractivity contribution in [3.05, 3.63) is 30.3 Å². The number of esters is 1. The largest absolute Gasteiger partial charge is 1.00 e. The maximum Gasteiger partial charge on any atom is 0.367 e. The number of benzene rings is 1. The highest BCUT2D eigenvalue weighted by Crippen LogP contribution is 2.27. The number of carbonyl (C=O) groups is 1. The average Bonchev–Trinajstić information content (AvgIpc) is 3.13. The summed E-state index contributed by atoms with van der Waals surface area (Å²) in [5, 5.41) is 0. The zero-order valence-corrected chi connectivity index (χ0v) is 15.9. The molecule has 3 rings (SSSR count). The van der Waals surface area contributed by atoms with E-state index in [1.54, 1.807) is 0 Å². The summed E-state index contributed by atoms with van der Waals surface area (Å²) in [6, 6.07) is 9.06. The van der Waals surface area contributed by atoms with Gasteiger partial charge in [0.1, 0.15) is 24.6 Å². The Bertz CT molecular complexity index is 552. The number of halogens is 1. The molecular formula is C19H28ClNO5. The molecule has 1 saturated carbocycles. The van der Waals surface area contributed by atoms with E-state index >= 15 is 0 Å². The number of para-hydroxylation sites is 1. The lowest BCUT2D eigenvalue weighted by Gasteiger charge is -2.32. The Labute approximate surface area is 160 Å². The molecule has 1 aliphatic carbocycles. The quantitative estimate of drug-likeness (QED) is 0.627. The predicted octanol–water partition coefficient (Wildman–Crippen LogP) is -1.66. The van der Waals surface area contributed by atoms with Gasteiger partial charge in [-0.3, -0.25) is 0 Å². The van der Waals surface area contributed by atoms with Crippen molar-refractivity contribution in [1.82, 2.24) is 0 Å². The van der Waals surface area contributed by atoms with Gasteiger partial charge in [-0.2, -0.15) is 0 Å². The van der Waals surface area contributed by atoms with Crippen LogP contribution in [0.2, 0.25) is 0 Å². The summed E-state index contributed by atoms with van der Waals surface area (Å²) in [6.45, 7) is 2.41. The molecule has 1 aromatic carbocycles. The van der Waals surface area contributed by atoms with Crippen molar-refractivity contribution in [2.75, 3.05) is 13.2 Å². The highest BCUT2D eigenvalue weighted by atomic mass is 35.5. The van der Waals surface area contributed by atoms with Crippen LogP contribution >= 0.6 is 0 Å². The van der Waals surface area contributed by atoms with Crippen LogP contribution in [0.4, 0.5) is 0 Å². The maximum absolute atomic E-state index is 12.1. The molecule has 0 spiro atoms. The van der Waals surface area contributed by atoms with Gasteiger partial charge in [-0.1, -0.05) is 31.0 Å². The first kappa shape index (κ1) is 21.0. The summed E-state index contributed by atoms with van der Waals surface area (Å²) < 4.78 is 23.8. The summed E-state index contributed by atoms with van der Waals surface area (Å²) in [5.41, 5.74) is 3.81. The lowest BCUT2D eigenvalue weighted by atomic mass is 10.1. The molecule has 6 nitrogen and oxygen atoms in total. The van der Waals surface area contributed by atoms with Crippen molar-refractivity contribution in [3.63, 3.8) is 0 Å². The van der Waals surface area contributed by atoms with E-state index in [1.165, 1.54) is 12.8 Å². The molecule has 1 aliphatic heterocycles. The standard InChI is InChI=1S/C19H27NO5.ClH/c1-13-18(25-15-9-5-6-10-15)17(24-14-7-3-2-4-8-14)12-22-11-16(20)19(21)23-13;/h2-4,7-8,13,15-18H,5-6,9-12,20H2,1H3;1H/t13-,16-,17-,18-;/m0./s1. The van der Waals surface area contributed by atoms with Gasteiger partial charge in [0.2, 0.25) is 6.04 Å². The summed E-state index contributed by atoms with van der Waals surface area (Å²) in [7, 11) is 0. The van der Waals surface area contributed by atoms with Gasteiger partial charge >= 0.3 is 5.97 Å². The molecule has 26 heavy (non-hydrogen) atoms. The monoisotopic (exact) mass is 385 g/mol. The highest BCUT2D eigenvalue weighted by molar-refractivity contribution is 5.74. The van der Waals surface area contributed by atoms with E-state index < -0.39 is 12.1 Å². The van der Waals surface area contributed by atoms with Crippen molar-refractivity contribution in [3.8, 4) is 5.75 Å². The second kappa shape index (κ2) is 10.1. The number of quaternary nitrogens is 1. The molecule has 1 heterocycles. The van der Waals surface area contributed by atoms with Crippen LogP contribution in [0.3, 0.4) is 0 Å². The molecule has 0 radical (unpaired) electrons. The summed E-state index contributed by atoms with van der Waals surface area (Å²) in [4.78, 5) is 12.1. The lowest BCUT2D eigenvalue weighted by molar-refractivity contribution is -0.415. The van der Waals surface area contributed by atoms with Gasteiger partial charge in [0.05, 0.1) is 12.7 Å². The molecule has 2 fully saturated rings. The van der Waals surface area contributed by atoms with Crippen LogP contribution in [0.15, 0.2) is 30.3 Å². The van der Waals surface area contributed by atoms with Crippen LogP contribution in [-0.2, 0) is 19.0 Å². The minimum absolute atomic E-state index is 0. The van der Waals surface area contributed by atoms with Gasteiger partial charge in [0.25, 0.3) is 0 Å². The topological polar surface area (TPSA) is 81.6 Å². The Morgan fingerprint density at radius 1 is 1.12 bits per heavy atom. The van der Waals surface area contributed by atoms with Gasteiger partial charge in [0.15, 0.2) is 6.10 Å². The van der Waals surface area contributed by atoms with Crippen molar-refractivity contribution < 1.29 is 41.9 Å². The van der Waals surface area contributed by atoms with Gasteiger partial charge < -0.3 is 37.1 Å². The third-order valence-electron chi connectivity index (χ3n) is 4.75. The second-order valence-electron chi connectivity index (χ2n) is 6.85. The van der Waals surface area contributed by atoms with Gasteiger partial charge in [-0.15, -0.1) is 0 Å². The molecule has 146 valence electrons. The first-order chi connectivity index (χ1) is 12.1. The molecule has 4 atom stereocenters. The maximum atomic E-state index is 12.1. The van der Waals surface area contributed by atoms with E-state index in [2.05, 4.69) is 5.73 Å². The van der Waals surface area contributed by atoms with Crippen LogP contribution in [0.1, 0.15) is 32.6 Å². The Hall–Kier alpha value is -1.34. The summed E-state index contributed by atoms with van der Waals surface area (Å²) in [5.74, 6) is 0.396. The molecule has 7 heteroatoms. The number of rotatable bonds is 4. The van der Waals surface area contributed by atoms with E-state index in [4.69, 9.17) is 18.9 Å². The van der Waals surface area contributed by atoms with Crippen LogP contribution < -0.4 is 22.9 Å². The Morgan fingerprint density at radius 2 is 1.81 bits per heavy atom. The smallest absolute Gasteiger partial charge is 0.367 e. The molecule has 0 aromatic heterocycles. The molecule has 2 aliphatic rings. The third-order valence-corrected chi connectivity index (χ3v) is 4.75. The highest BCUT2D eigenvalue weighted by Gasteiger charge is 2.38. The third kappa shape index (κ3) is 5.58. The zero-order valence-electron chi connectivity index (χ0n) is 15.1. The van der Waals surface area contributed by atoms with E-state index in [9.17, 15) is 4.79 Å². The SMILES string of the molecule is C[C@@H]1OC(=O)[C@@H]([NH3+])COC[C@H](Oc2ccccc2)[C@H]1OC1CCCC1.[Cl-]. The fraction of sp³-hybridized carbons (Fsp3) is 0.632. The van der Waals surface area contributed by atoms with Crippen molar-refractivity contribution in [1.29, 1.82) is 0 Å². The Kier molecular flexibility index (Phi) is 8.15. The fourth-order valence-corrected chi connectivity index (χ4v) is 3.36. The number of hydrogen-bond acceptors (Lipinski definition) is 5. The average molecular weight is 386 g/mol. The van der Waals surface area contributed by atoms with Gasteiger partial charge in [-0.05, 0) is 31.9 Å². The summed E-state index contributed by atoms with van der Waals surface area (Å²) in [6.07, 6.45) is 3.45. The van der Waals surface area contributed by atoms with Gasteiger partial charge in [0, 0.05) is 0 Å². The number of hydrogen-bond donors (Lipinski definition) is 1. The van der Waals surface area contributed by atoms with Crippen LogP contribution in [0.25, 0.3) is 0 Å². The first-order valence-corrected chi connectivity index (χ1v) is 9.12. The van der Waals surface area contributed by atoms with Crippen molar-refractivity contribution in [2.24, 2.45) is 0 Å². The molecule has 0 unspecified atom stereocenters. The fourth-order valence-electron chi connectivity index (χ4n) is 3.36.